The van der Waals surface area contributed by atoms with E-state index in [1.54, 1.807) is 25.1 Å². The Balaban J connectivity index is 2.23. The van der Waals surface area contributed by atoms with Crippen molar-refractivity contribution in [1.82, 2.24) is 4.72 Å². The summed E-state index contributed by atoms with van der Waals surface area (Å²) >= 11 is 0. The van der Waals surface area contributed by atoms with E-state index in [-0.39, 0.29) is 10.9 Å². The number of anilines is 1. The molecule has 19 heavy (non-hydrogen) atoms. The van der Waals surface area contributed by atoms with Gasteiger partial charge in [-0.1, -0.05) is 31.9 Å². The summed E-state index contributed by atoms with van der Waals surface area (Å²) in [6.45, 7) is 3.94. The van der Waals surface area contributed by atoms with E-state index in [1.165, 1.54) is 6.42 Å². The predicted molar refractivity (Wildman–Crippen MR) is 77.3 cm³/mol. The van der Waals surface area contributed by atoms with Crippen LogP contribution in [0.5, 0.6) is 0 Å². The molecule has 0 heterocycles. The number of hydrogen-bond acceptors (Lipinski definition) is 3. The number of hydrogen-bond donors (Lipinski definition) is 2. The molecule has 1 saturated carbocycles. The summed E-state index contributed by atoms with van der Waals surface area (Å²) in [4.78, 5) is 0.230. The zero-order chi connectivity index (χ0) is 14.0. The first-order valence-corrected chi connectivity index (χ1v) is 8.26. The lowest BCUT2D eigenvalue weighted by Crippen LogP contribution is -2.38. The van der Waals surface area contributed by atoms with Gasteiger partial charge in [0.15, 0.2) is 0 Å². The van der Waals surface area contributed by atoms with Crippen molar-refractivity contribution in [2.24, 2.45) is 5.92 Å². The number of rotatable bonds is 3. The lowest BCUT2D eigenvalue weighted by Gasteiger charge is -2.27. The second-order valence-electron chi connectivity index (χ2n) is 5.58. The molecular weight excluding hydrogens is 260 g/mol. The molecule has 0 aromatic heterocycles. The van der Waals surface area contributed by atoms with Crippen LogP contribution in [0, 0.1) is 12.8 Å². The van der Waals surface area contributed by atoms with Gasteiger partial charge in [0.2, 0.25) is 10.0 Å². The zero-order valence-electron chi connectivity index (χ0n) is 11.5. The van der Waals surface area contributed by atoms with Crippen LogP contribution in [0.2, 0.25) is 0 Å². The molecule has 0 spiro atoms. The van der Waals surface area contributed by atoms with Gasteiger partial charge >= 0.3 is 0 Å². The van der Waals surface area contributed by atoms with Crippen LogP contribution in [0.1, 0.15) is 38.2 Å². The Labute approximate surface area is 115 Å². The van der Waals surface area contributed by atoms with Gasteiger partial charge in [0, 0.05) is 6.04 Å². The number of sulfonamides is 1. The van der Waals surface area contributed by atoms with E-state index in [0.717, 1.165) is 19.3 Å². The van der Waals surface area contributed by atoms with Gasteiger partial charge in [-0.25, -0.2) is 13.1 Å². The molecule has 2 atom stereocenters. The molecular formula is C14H22N2O2S. The molecule has 4 nitrogen and oxygen atoms in total. The van der Waals surface area contributed by atoms with E-state index in [4.69, 9.17) is 5.73 Å². The van der Waals surface area contributed by atoms with E-state index in [0.29, 0.717) is 17.2 Å². The highest BCUT2D eigenvalue weighted by Gasteiger charge is 2.26. The Morgan fingerprint density at radius 3 is 2.68 bits per heavy atom. The third-order valence-corrected chi connectivity index (χ3v) is 5.51. The fourth-order valence-corrected chi connectivity index (χ4v) is 4.50. The molecule has 2 unspecified atom stereocenters. The van der Waals surface area contributed by atoms with E-state index < -0.39 is 10.0 Å². The minimum Gasteiger partial charge on any atom is -0.398 e. The lowest BCUT2D eigenvalue weighted by atomic mass is 9.88. The molecule has 1 aromatic rings. The van der Waals surface area contributed by atoms with Gasteiger partial charge in [-0.05, 0) is 37.3 Å². The van der Waals surface area contributed by atoms with Crippen LogP contribution in [0.3, 0.4) is 0 Å². The number of nitrogen functional groups attached to an aromatic ring is 1. The molecule has 2 rings (SSSR count). The van der Waals surface area contributed by atoms with E-state index in [2.05, 4.69) is 11.6 Å². The van der Waals surface area contributed by atoms with Crippen molar-refractivity contribution in [1.29, 1.82) is 0 Å². The minimum absolute atomic E-state index is 0.0350. The maximum atomic E-state index is 12.5. The first kappa shape index (κ1) is 14.3. The Kier molecular flexibility index (Phi) is 4.16. The monoisotopic (exact) mass is 282 g/mol. The third-order valence-electron chi connectivity index (χ3n) is 3.77. The van der Waals surface area contributed by atoms with Crippen LogP contribution < -0.4 is 10.5 Å². The molecule has 1 aromatic carbocycles. The van der Waals surface area contributed by atoms with Crippen LogP contribution >= 0.6 is 0 Å². The van der Waals surface area contributed by atoms with Crippen molar-refractivity contribution >= 4 is 15.7 Å². The topological polar surface area (TPSA) is 72.2 Å². The summed E-state index contributed by atoms with van der Waals surface area (Å²) in [6, 6.07) is 5.21. The standard InChI is InChI=1S/C14H22N2O2S/c1-10-5-3-7-12(9-10)16-19(17,18)14-11(2)6-4-8-13(14)15/h4,6,8,10,12,16H,3,5,7,9,15H2,1-2H3. The second-order valence-corrected chi connectivity index (χ2v) is 7.23. The van der Waals surface area contributed by atoms with Gasteiger partial charge in [-0.2, -0.15) is 0 Å². The van der Waals surface area contributed by atoms with Crippen LogP contribution in [0.15, 0.2) is 23.1 Å². The number of nitrogens with two attached hydrogens (primary N) is 1. The lowest BCUT2D eigenvalue weighted by molar-refractivity contribution is 0.327. The van der Waals surface area contributed by atoms with E-state index >= 15 is 0 Å². The zero-order valence-corrected chi connectivity index (χ0v) is 12.3. The van der Waals surface area contributed by atoms with Crippen molar-refractivity contribution in [3.8, 4) is 0 Å². The molecule has 0 radical (unpaired) electrons. The molecule has 3 N–H and O–H groups in total. The highest BCUT2D eigenvalue weighted by molar-refractivity contribution is 7.89. The molecule has 1 aliphatic rings. The summed E-state index contributed by atoms with van der Waals surface area (Å²) in [6.07, 6.45) is 4.09. The van der Waals surface area contributed by atoms with Gasteiger partial charge in [0.05, 0.1) is 5.69 Å². The second kappa shape index (κ2) is 5.51. The third kappa shape index (κ3) is 3.28. The first-order chi connectivity index (χ1) is 8.90. The van der Waals surface area contributed by atoms with Gasteiger partial charge in [0.1, 0.15) is 4.90 Å². The van der Waals surface area contributed by atoms with Crippen LogP contribution in [0.25, 0.3) is 0 Å². The normalized spacial score (nSPS) is 24.3. The molecule has 0 aliphatic heterocycles. The average molecular weight is 282 g/mol. The summed E-state index contributed by atoms with van der Waals surface area (Å²) in [5.41, 5.74) is 6.83. The molecule has 1 aliphatic carbocycles. The molecule has 106 valence electrons. The van der Waals surface area contributed by atoms with E-state index in [1.807, 2.05) is 0 Å². The summed E-state index contributed by atoms with van der Waals surface area (Å²) in [5, 5.41) is 0. The Bertz CT molecular complexity index is 534. The van der Waals surface area contributed by atoms with Crippen LogP contribution in [0.4, 0.5) is 5.69 Å². The van der Waals surface area contributed by atoms with Gasteiger partial charge < -0.3 is 5.73 Å². The molecule has 0 saturated heterocycles. The largest absolute Gasteiger partial charge is 0.398 e. The molecule has 5 heteroatoms. The summed E-state index contributed by atoms with van der Waals surface area (Å²) < 4.78 is 27.7. The summed E-state index contributed by atoms with van der Waals surface area (Å²) in [7, 11) is -3.52. The van der Waals surface area contributed by atoms with E-state index in [9.17, 15) is 8.42 Å². The maximum Gasteiger partial charge on any atom is 0.243 e. The first-order valence-electron chi connectivity index (χ1n) is 6.77. The quantitative estimate of drug-likeness (QED) is 0.836. The predicted octanol–water partition coefficient (Wildman–Crippen LogP) is 2.43. The van der Waals surface area contributed by atoms with Crippen molar-refractivity contribution in [2.45, 2.75) is 50.5 Å². The maximum absolute atomic E-state index is 12.5. The molecule has 0 bridgehead atoms. The Hall–Kier alpha value is -1.07. The van der Waals surface area contributed by atoms with Crippen molar-refractivity contribution in [3.05, 3.63) is 23.8 Å². The smallest absolute Gasteiger partial charge is 0.243 e. The van der Waals surface area contributed by atoms with Crippen molar-refractivity contribution < 1.29 is 8.42 Å². The highest BCUT2D eigenvalue weighted by Crippen LogP contribution is 2.27. The van der Waals surface area contributed by atoms with Gasteiger partial charge in [-0.3, -0.25) is 0 Å². The number of benzene rings is 1. The number of aryl methyl sites for hydroxylation is 1. The van der Waals surface area contributed by atoms with Crippen molar-refractivity contribution in [3.63, 3.8) is 0 Å². The Morgan fingerprint density at radius 2 is 2.05 bits per heavy atom. The average Bonchev–Trinajstić information content (AvgIpc) is 2.27. The minimum atomic E-state index is -3.52. The Morgan fingerprint density at radius 1 is 1.32 bits per heavy atom. The summed E-state index contributed by atoms with van der Waals surface area (Å²) in [5.74, 6) is 0.579. The highest BCUT2D eigenvalue weighted by atomic mass is 32.2. The van der Waals surface area contributed by atoms with Gasteiger partial charge in [0.25, 0.3) is 0 Å². The van der Waals surface area contributed by atoms with Crippen LogP contribution in [-0.4, -0.2) is 14.5 Å². The number of nitrogens with one attached hydrogen (secondary N) is 1. The molecule has 1 fully saturated rings. The van der Waals surface area contributed by atoms with Crippen LogP contribution in [-0.2, 0) is 10.0 Å². The SMILES string of the molecule is Cc1cccc(N)c1S(=O)(=O)NC1CCCC(C)C1. The molecule has 0 amide bonds. The van der Waals surface area contributed by atoms with Gasteiger partial charge in [-0.15, -0.1) is 0 Å². The fourth-order valence-electron chi connectivity index (χ4n) is 2.86. The van der Waals surface area contributed by atoms with Crippen molar-refractivity contribution in [2.75, 3.05) is 5.73 Å². The fraction of sp³-hybridized carbons (Fsp3) is 0.571.